The number of likely N-dealkylation sites (N-methyl/N-ethyl adjacent to an activating group) is 1. The molecule has 0 spiro atoms. The number of nitrogens with zero attached hydrogens (tertiary/aromatic N) is 1. The van der Waals surface area contributed by atoms with Crippen LogP contribution in [0.4, 0.5) is 0 Å². The summed E-state index contributed by atoms with van der Waals surface area (Å²) in [5, 5.41) is 3.12. The van der Waals surface area contributed by atoms with Crippen LogP contribution in [0.5, 0.6) is 0 Å². The fourth-order valence-corrected chi connectivity index (χ4v) is 2.34. The molecule has 1 saturated heterocycles. The summed E-state index contributed by atoms with van der Waals surface area (Å²) in [5.41, 5.74) is 1.00. The van der Waals surface area contributed by atoms with E-state index in [-0.39, 0.29) is 5.69 Å². The molecule has 1 aliphatic heterocycles. The van der Waals surface area contributed by atoms with E-state index < -0.39 is 24.3 Å². The Morgan fingerprint density at radius 3 is 2.46 bits per heavy atom. The van der Waals surface area contributed by atoms with Crippen molar-refractivity contribution in [3.8, 4) is 0 Å². The molecule has 1 fully saturated rings. The molecule has 0 unspecified atom stereocenters. The first kappa shape index (κ1) is 18.6. The van der Waals surface area contributed by atoms with E-state index in [0.29, 0.717) is 12.2 Å². The van der Waals surface area contributed by atoms with Gasteiger partial charge in [-0.05, 0) is 58.4 Å². The van der Waals surface area contributed by atoms with Crippen molar-refractivity contribution in [3.63, 3.8) is 0 Å². The maximum atomic E-state index is 11.6. The molecule has 0 atom stereocenters. The number of rotatable bonds is 5. The number of hydrogen-bond acceptors (Lipinski definition) is 6. The van der Waals surface area contributed by atoms with E-state index in [1.807, 2.05) is 46.9 Å². The molecule has 6 nitrogen and oxygen atoms in total. The number of carbonyl (C=O) groups is 1. The van der Waals surface area contributed by atoms with E-state index >= 15 is 0 Å². The molecule has 1 aromatic rings. The third-order valence-electron chi connectivity index (χ3n) is 4.44. The van der Waals surface area contributed by atoms with Gasteiger partial charge in [-0.15, -0.1) is 0 Å². The third-order valence-corrected chi connectivity index (χ3v) is 4.44. The highest BCUT2D eigenvalue weighted by molar-refractivity contribution is 6.55. The number of methoxy groups -OCH3 is 1. The Kier molecular flexibility index (Phi) is 5.47. The normalized spacial score (nSPS) is 19.4. The number of hydrogen-bond donors (Lipinski definition) is 1. The lowest BCUT2D eigenvalue weighted by molar-refractivity contribution is 0.00578. The quantitative estimate of drug-likeness (QED) is 0.658. The van der Waals surface area contributed by atoms with Gasteiger partial charge < -0.3 is 19.4 Å². The molecular formula is C17H25BN2O4. The van der Waals surface area contributed by atoms with Crippen molar-refractivity contribution in [2.75, 3.05) is 20.7 Å². The molecule has 2 rings (SSSR count). The summed E-state index contributed by atoms with van der Waals surface area (Å²) in [6.07, 6.45) is 1.88. The second-order valence-electron chi connectivity index (χ2n) is 6.78. The molecule has 0 aromatic carbocycles. The van der Waals surface area contributed by atoms with Crippen LogP contribution in [-0.4, -0.2) is 50.0 Å². The molecule has 1 aliphatic rings. The molecule has 130 valence electrons. The predicted molar refractivity (Wildman–Crippen MR) is 93.6 cm³/mol. The lowest BCUT2D eigenvalue weighted by Crippen LogP contribution is -2.41. The molecule has 1 aromatic heterocycles. The minimum atomic E-state index is -0.467. The van der Waals surface area contributed by atoms with E-state index in [9.17, 15) is 4.79 Å². The van der Waals surface area contributed by atoms with Gasteiger partial charge in [0.15, 0.2) is 0 Å². The SMILES string of the molecule is CNCC(=Cc1cccc(C(=O)OC)n1)B1OC(C)(C)C(C)(C)O1. The Morgan fingerprint density at radius 2 is 1.92 bits per heavy atom. The van der Waals surface area contributed by atoms with Gasteiger partial charge in [0.05, 0.1) is 24.0 Å². The Hall–Kier alpha value is -1.70. The number of nitrogens with one attached hydrogen (secondary N) is 1. The van der Waals surface area contributed by atoms with E-state index in [1.165, 1.54) is 7.11 Å². The van der Waals surface area contributed by atoms with E-state index in [0.717, 1.165) is 5.47 Å². The van der Waals surface area contributed by atoms with Crippen LogP contribution in [0.2, 0.25) is 0 Å². The first-order chi connectivity index (χ1) is 11.2. The van der Waals surface area contributed by atoms with E-state index in [1.54, 1.807) is 12.1 Å². The summed E-state index contributed by atoms with van der Waals surface area (Å²) in [7, 11) is 2.73. The van der Waals surface area contributed by atoms with Gasteiger partial charge in [0.25, 0.3) is 0 Å². The second-order valence-corrected chi connectivity index (χ2v) is 6.78. The summed E-state index contributed by atoms with van der Waals surface area (Å²) in [6, 6.07) is 5.22. The third kappa shape index (κ3) is 3.86. The summed E-state index contributed by atoms with van der Waals surface area (Å²) in [5.74, 6) is -0.462. The second kappa shape index (κ2) is 7.05. The van der Waals surface area contributed by atoms with Gasteiger partial charge in [-0.2, -0.15) is 0 Å². The summed E-state index contributed by atoms with van der Waals surface area (Å²) >= 11 is 0. The molecule has 0 bridgehead atoms. The average molecular weight is 332 g/mol. The van der Waals surface area contributed by atoms with Gasteiger partial charge in [-0.25, -0.2) is 9.78 Å². The minimum absolute atomic E-state index is 0.268. The first-order valence-corrected chi connectivity index (χ1v) is 7.96. The van der Waals surface area contributed by atoms with E-state index in [2.05, 4.69) is 10.3 Å². The number of carbonyl (C=O) groups excluding carboxylic acids is 1. The molecular weight excluding hydrogens is 307 g/mol. The van der Waals surface area contributed by atoms with Crippen LogP contribution >= 0.6 is 0 Å². The van der Waals surface area contributed by atoms with Crippen molar-refractivity contribution in [2.45, 2.75) is 38.9 Å². The molecule has 1 N–H and O–H groups in total. The van der Waals surface area contributed by atoms with Crippen LogP contribution in [-0.2, 0) is 14.0 Å². The summed E-state index contributed by atoms with van der Waals surface area (Å²) in [4.78, 5) is 16.0. The van der Waals surface area contributed by atoms with Gasteiger partial charge in [-0.1, -0.05) is 6.07 Å². The predicted octanol–water partition coefficient (Wildman–Crippen LogP) is 2.10. The molecule has 0 radical (unpaired) electrons. The van der Waals surface area contributed by atoms with Crippen molar-refractivity contribution < 1.29 is 18.8 Å². The molecule has 7 heteroatoms. The van der Waals surface area contributed by atoms with Gasteiger partial charge >= 0.3 is 13.1 Å². The average Bonchev–Trinajstić information content (AvgIpc) is 2.74. The van der Waals surface area contributed by atoms with Gasteiger partial charge in [-0.3, -0.25) is 0 Å². The van der Waals surface area contributed by atoms with Crippen LogP contribution in [0, 0.1) is 0 Å². The fourth-order valence-electron chi connectivity index (χ4n) is 2.34. The zero-order valence-corrected chi connectivity index (χ0v) is 15.2. The zero-order chi connectivity index (χ0) is 18.0. The monoisotopic (exact) mass is 332 g/mol. The van der Waals surface area contributed by atoms with Crippen molar-refractivity contribution in [1.82, 2.24) is 10.3 Å². The van der Waals surface area contributed by atoms with Crippen LogP contribution in [0.15, 0.2) is 23.7 Å². The smallest absolute Gasteiger partial charge is 0.464 e. The molecule has 2 heterocycles. The van der Waals surface area contributed by atoms with Gasteiger partial charge in [0, 0.05) is 6.54 Å². The zero-order valence-electron chi connectivity index (χ0n) is 15.2. The van der Waals surface area contributed by atoms with Crippen molar-refractivity contribution >= 4 is 19.2 Å². The number of esters is 1. The largest absolute Gasteiger partial charge is 0.491 e. The first-order valence-electron chi connectivity index (χ1n) is 7.96. The van der Waals surface area contributed by atoms with Crippen LogP contribution < -0.4 is 5.32 Å². The Labute approximate surface area is 143 Å². The van der Waals surface area contributed by atoms with Gasteiger partial charge in [0.1, 0.15) is 5.69 Å². The van der Waals surface area contributed by atoms with Crippen LogP contribution in [0.25, 0.3) is 6.08 Å². The molecule has 24 heavy (non-hydrogen) atoms. The van der Waals surface area contributed by atoms with Crippen molar-refractivity contribution in [2.24, 2.45) is 0 Å². The number of ether oxygens (including phenoxy) is 1. The highest BCUT2D eigenvalue weighted by Gasteiger charge is 2.52. The maximum Gasteiger partial charge on any atom is 0.491 e. The molecule has 0 aliphatic carbocycles. The molecule has 0 amide bonds. The van der Waals surface area contributed by atoms with Crippen LogP contribution in [0.1, 0.15) is 43.9 Å². The number of aromatic nitrogens is 1. The van der Waals surface area contributed by atoms with E-state index in [4.69, 9.17) is 14.0 Å². The fraction of sp³-hybridized carbons (Fsp3) is 0.529. The Morgan fingerprint density at radius 1 is 1.29 bits per heavy atom. The van der Waals surface area contributed by atoms with Crippen molar-refractivity contribution in [3.05, 3.63) is 35.1 Å². The van der Waals surface area contributed by atoms with Crippen LogP contribution in [0.3, 0.4) is 0 Å². The Balaban J connectivity index is 2.31. The summed E-state index contributed by atoms with van der Waals surface area (Å²) in [6.45, 7) is 8.64. The standard InChI is InChI=1S/C17H25BN2O4/c1-16(2)17(3,4)24-18(23-16)12(11-19-5)10-13-8-7-9-14(20-13)15(21)22-6/h7-10,19H,11H2,1-6H3. The lowest BCUT2D eigenvalue weighted by atomic mass is 9.77. The maximum absolute atomic E-state index is 11.6. The summed E-state index contributed by atoms with van der Waals surface area (Å²) < 4.78 is 16.9. The highest BCUT2D eigenvalue weighted by atomic mass is 16.7. The minimum Gasteiger partial charge on any atom is -0.464 e. The van der Waals surface area contributed by atoms with Gasteiger partial charge in [0.2, 0.25) is 0 Å². The van der Waals surface area contributed by atoms with Crippen molar-refractivity contribution in [1.29, 1.82) is 0 Å². The molecule has 0 saturated carbocycles. The lowest BCUT2D eigenvalue weighted by Gasteiger charge is -2.32. The highest BCUT2D eigenvalue weighted by Crippen LogP contribution is 2.38. The Bertz CT molecular complexity index is 627. The topological polar surface area (TPSA) is 69.7 Å². The number of pyridine rings is 1.